The van der Waals surface area contributed by atoms with E-state index in [0.717, 1.165) is 303 Å². The lowest BCUT2D eigenvalue weighted by molar-refractivity contribution is -0.893. The molecule has 0 N–H and O–H groups in total. The Morgan fingerprint density at radius 3 is 1.41 bits per heavy atom. The Bertz CT molecular complexity index is 8100. The molecule has 0 amide bonds. The van der Waals surface area contributed by atoms with Gasteiger partial charge in [-0.1, -0.05) is 88.1 Å². The van der Waals surface area contributed by atoms with E-state index in [1.807, 2.05) is 25.7 Å². The van der Waals surface area contributed by atoms with E-state index in [0.29, 0.717) is 43.7 Å². The van der Waals surface area contributed by atoms with Gasteiger partial charge in [-0.3, -0.25) is 0 Å². The standard InChI is InChI=1S/C135H133B/c1-13-31-17-36-37-20-39-48-30(5)113-43(49-42-21-97(6,115(39,42)124(48,49)113)111(37,28(2)3)106(36)25-41-50-47-55-67-92-93-94(136)34-19-35(34)116(93)98(7,32-14-15-32)95-46-24-105(55,118(46,67)135(92,95)116)96(47)109(31,50)100(41,106)9)23-104(113)22-40-51-63-78-86-77-76-79-66-54-45-27-108-59(73-83-89-82-72-58-71-65-53-44-26-107(51,99(40,104)8)119(44,63)126(53,78)128(65,86)121(71,77)103(58,12)122(72,76)129(79,82)132(66,89)127(54,83)120(45,73)108)69-56-68-57-70-81-88-91-90-85-75-62-60-61-74-84-87-80-64-52-38-18-33-16-29(4)112(69,108)101(56,10)114(33,68)102(57,11)117(38,70)125(52,81)131(64,88)134(80,91)133(87,90)130(84,85)123(74,75)110(60,61)62/h13,28-96H,1,14-27H2,2-12H3/t29?,30?,31?,33?,34-,35?,36?,37?,38?,39?,40?,41?,42?,43?,44?,45?,46?,47?,48?,49?,50?,51?,52?,53?,54?,55?,56?,57?,58?,59?,60?,61?,62?,63?,64?,65?,66?,67?,68?,69?,70?,71?,72?,73?,74?,75?,76?,77?,78?,79?,80?,81?,82?,83?,84?,85?,86?,87?,88?,89?,90?,91?,92?,93?,94?,95?,96?,97?,98?,99?,100?,101?,102?,103?,104?,105?,106?,107?,108?,109?,110?,111?,112?,113?,114?,115?,116?,117?,118?,119?,120?,121?,122?,123?,124?,125?,126?,127?,128?,129?,130?,131?,132?,133?,134?,135?/m1/s1. The van der Waals surface area contributed by atoms with Crippen LogP contribution in [0.3, 0.4) is 0 Å². The molecule has 0 aromatic carbocycles. The Kier molecular flexibility index (Phi) is 5.13. The fraction of sp³-hybridized carbons (Fsp3) is 0.985. The molecule has 105 unspecified atom stereocenters. The van der Waals surface area contributed by atoms with Crippen LogP contribution >= 0.6 is 0 Å². The Morgan fingerprint density at radius 2 is 0.750 bits per heavy atom. The summed E-state index contributed by atoms with van der Waals surface area (Å²) in [5.41, 5.74) is 33.2. The summed E-state index contributed by atoms with van der Waals surface area (Å²) < 4.78 is 0. The SMILES string of the molecule is [B]C1C2C3C4C5C6C7C8CC9%10C(CC(C=C)C7(C6C56CC5C7C(C)(C%11CC%11)C2(C2C[C@@H]12)C37C546)C89C)C1CC2C3C(C)C45C(CC46CC4C7C8C9C%11C%12C%13C%14C%15C%16C%17CC%18%19C(C%20C%21C%22C%23C%24C%25C%26C%27C%28C%29C%30C%31C%32C%33C%34C%35C%36C%37C%38C%39C%40CC%41CC(C)C%20%18C%21(C)C%41%22C%23(C)C%40%24C%39%25C%38%26C%37%27C%36%28C%35%29C%34%30C%32%33%31)C%18C%20C%21C%22C%23C%24C%25C%26C%27C%28CC7(C46C)C%288C%279C%26%11C%25%12C%24(C)C%13%23C%14%22C%15%21C%16%20C%17%18%19)C4C6CC(C)(C1%10C(C)C)C26C345. The topological polar surface area (TPSA) is 0 Å². The average Bonchev–Trinajstić information content (AvgIpc) is 1.18. The van der Waals surface area contributed by atoms with Crippen LogP contribution in [0.4, 0.5) is 0 Å². The fourth-order valence-electron chi connectivity index (χ4n) is 112. The molecule has 0 heterocycles. The van der Waals surface area contributed by atoms with Crippen molar-refractivity contribution in [3.8, 4) is 0 Å². The lowest BCUT2D eigenvalue weighted by atomic mass is 8.68. The molecule has 68 saturated carbocycles. The molecule has 0 aromatic rings. The highest BCUT2D eigenvalue weighted by molar-refractivity contribution is 6.13. The second-order valence-electron chi connectivity index (χ2n) is 79.8. The van der Waals surface area contributed by atoms with Gasteiger partial charge >= 0.3 is 0 Å². The van der Waals surface area contributed by atoms with Crippen molar-refractivity contribution in [3.63, 3.8) is 0 Å². The normalized spacial score (nSPS) is 112. The monoisotopic (exact) mass is 1770 g/mol. The van der Waals surface area contributed by atoms with Gasteiger partial charge in [-0.15, -0.1) is 6.58 Å². The fourth-order valence-corrected chi connectivity index (χ4v) is 112. The summed E-state index contributed by atoms with van der Waals surface area (Å²) in [7, 11) is 7.76. The molecule has 68 aliphatic rings. The molecule has 0 aromatic heterocycles. The Balaban J connectivity index is 0.304. The third kappa shape index (κ3) is 2.26. The van der Waals surface area contributed by atoms with Crippen molar-refractivity contribution in [1.82, 2.24) is 0 Å². The number of allylic oxidation sites excluding steroid dienone is 1. The van der Waals surface area contributed by atoms with Crippen molar-refractivity contribution in [3.05, 3.63) is 12.7 Å². The number of fused-ring (bicyclic) bond motifs is 58. The summed E-state index contributed by atoms with van der Waals surface area (Å²) in [6.45, 7) is 40.7. The second kappa shape index (κ2) is 11.6. The van der Waals surface area contributed by atoms with Crippen molar-refractivity contribution in [2.75, 3.05) is 0 Å². The van der Waals surface area contributed by atoms with Crippen molar-refractivity contribution in [2.24, 2.45) is 614 Å². The van der Waals surface area contributed by atoms with Crippen LogP contribution in [-0.2, 0) is 0 Å². The van der Waals surface area contributed by atoms with Crippen LogP contribution in [0.25, 0.3) is 0 Å². The van der Waals surface area contributed by atoms with Gasteiger partial charge in [0.2, 0.25) is 0 Å². The van der Waals surface area contributed by atoms with Crippen molar-refractivity contribution >= 4 is 7.85 Å². The van der Waals surface area contributed by atoms with E-state index in [4.69, 9.17) is 14.4 Å². The zero-order chi connectivity index (χ0) is 82.9. The van der Waals surface area contributed by atoms with E-state index < -0.39 is 0 Å². The van der Waals surface area contributed by atoms with Gasteiger partial charge in [-0.2, -0.15) is 0 Å². The van der Waals surface area contributed by atoms with Crippen LogP contribution in [0.1, 0.15) is 166 Å². The maximum absolute atomic E-state index is 7.76. The third-order valence-corrected chi connectivity index (χ3v) is 97.6. The molecule has 31 spiro atoms. The molecular weight excluding hydrogens is 1630 g/mol. The van der Waals surface area contributed by atoms with Gasteiger partial charge in [0.1, 0.15) is 0 Å². The summed E-state index contributed by atoms with van der Waals surface area (Å²) in [4.78, 5) is 0. The predicted octanol–water partition coefficient (Wildman–Crippen LogP) is 20.1. The van der Waals surface area contributed by atoms with Gasteiger partial charge in [-0.05, 0) is 703 Å². The van der Waals surface area contributed by atoms with Crippen LogP contribution in [-0.4, -0.2) is 7.85 Å². The molecule has 68 rings (SSSR count). The molecule has 106 atom stereocenters. The van der Waals surface area contributed by atoms with Gasteiger partial charge in [0.15, 0.2) is 0 Å². The Hall–Kier alpha value is -0.195. The van der Waals surface area contributed by atoms with Crippen LogP contribution < -0.4 is 0 Å². The molecule has 2 radical (unpaired) electrons. The highest BCUT2D eigenvalue weighted by Crippen LogP contribution is 3.45. The minimum Gasteiger partial charge on any atom is -0.103 e. The lowest BCUT2D eigenvalue weighted by Gasteiger charge is -3.35. The predicted molar refractivity (Wildman–Crippen MR) is 479 cm³/mol. The van der Waals surface area contributed by atoms with Crippen molar-refractivity contribution < 1.29 is 0 Å². The first-order valence-electron chi connectivity index (χ1n) is 65.5. The maximum Gasteiger partial charge on any atom is 0.0707 e. The molecule has 0 saturated heterocycles. The van der Waals surface area contributed by atoms with Gasteiger partial charge in [0, 0.05) is 0 Å². The quantitative estimate of drug-likeness (QED) is 0.195. The number of rotatable bonds is 3. The summed E-state index contributed by atoms with van der Waals surface area (Å²) in [5.74, 6) is 83.9. The van der Waals surface area contributed by atoms with Gasteiger partial charge < -0.3 is 0 Å². The number of hydrogen-bond donors (Lipinski definition) is 0. The van der Waals surface area contributed by atoms with E-state index in [9.17, 15) is 0 Å². The maximum atomic E-state index is 7.76. The van der Waals surface area contributed by atoms with E-state index in [1.54, 1.807) is 64.2 Å². The van der Waals surface area contributed by atoms with E-state index in [-0.39, 0.29) is 0 Å². The van der Waals surface area contributed by atoms with E-state index in [1.165, 1.54) is 272 Å². The summed E-state index contributed by atoms with van der Waals surface area (Å²) in [5, 5.41) is 0. The molecule has 68 aliphatic carbocycles. The van der Waals surface area contributed by atoms with Gasteiger partial charge in [-0.25, -0.2) is 0 Å². The van der Waals surface area contributed by atoms with E-state index in [2.05, 4.69) is 82.2 Å². The van der Waals surface area contributed by atoms with Crippen LogP contribution in [0.2, 0.25) is 5.82 Å². The van der Waals surface area contributed by atoms with Crippen LogP contribution in [0.15, 0.2) is 12.7 Å². The summed E-state index contributed by atoms with van der Waals surface area (Å²) >= 11 is 0. The molecule has 0 nitrogen and oxygen atoms in total. The Morgan fingerprint density at radius 1 is 0.272 bits per heavy atom. The highest BCUT2D eigenvalue weighted by Gasteiger charge is 3.42. The Labute approximate surface area is 800 Å². The van der Waals surface area contributed by atoms with E-state index >= 15 is 0 Å². The first-order chi connectivity index (χ1) is 66.1. The number of hydrogen-bond acceptors (Lipinski definition) is 0. The third-order valence-electron chi connectivity index (χ3n) is 97.6. The van der Waals surface area contributed by atoms with Crippen molar-refractivity contribution in [2.45, 2.75) is 172 Å². The summed E-state index contributed by atoms with van der Waals surface area (Å²) in [6, 6.07) is 0. The highest BCUT2D eigenvalue weighted by atomic mass is 15.5. The minimum atomic E-state index is 0.589. The van der Waals surface area contributed by atoms with Crippen molar-refractivity contribution in [1.29, 1.82) is 0 Å². The van der Waals surface area contributed by atoms with Crippen LogP contribution in [0.5, 0.6) is 0 Å². The molecule has 0 bridgehead atoms. The summed E-state index contributed by atoms with van der Waals surface area (Å²) in [6.07, 6.45) is 27.1. The minimum absolute atomic E-state index is 0.589. The van der Waals surface area contributed by atoms with Crippen LogP contribution in [0, 0.1) is 614 Å². The zero-order valence-electron chi connectivity index (χ0n) is 82.1. The molecule has 68 fully saturated rings. The molecule has 1 heteroatoms. The molecule has 136 heavy (non-hydrogen) atoms. The zero-order valence-corrected chi connectivity index (χ0v) is 82.1. The largest absolute Gasteiger partial charge is 0.103 e. The molecule has 676 valence electrons. The second-order valence-corrected chi connectivity index (χ2v) is 79.8. The molecular formula is C135H133B. The first kappa shape index (κ1) is 60.0. The average molecular weight is 1770 g/mol. The molecule has 0 aliphatic heterocycles. The lowest BCUT2D eigenvalue weighted by Crippen LogP contribution is -3.33. The first-order valence-corrected chi connectivity index (χ1v) is 65.5. The van der Waals surface area contributed by atoms with Gasteiger partial charge in [0.05, 0.1) is 7.85 Å². The smallest absolute Gasteiger partial charge is 0.0707 e. The van der Waals surface area contributed by atoms with Gasteiger partial charge in [0.25, 0.3) is 0 Å².